The molecule has 40 heavy (non-hydrogen) atoms. The summed E-state index contributed by atoms with van der Waals surface area (Å²) in [5.41, 5.74) is 1.53. The summed E-state index contributed by atoms with van der Waals surface area (Å²) < 4.78 is 10.5. The zero-order valence-corrected chi connectivity index (χ0v) is 27.4. The number of nitrogens with zero attached hydrogens (tertiary/aromatic N) is 3. The predicted octanol–water partition coefficient (Wildman–Crippen LogP) is 0.590. The van der Waals surface area contributed by atoms with Crippen molar-refractivity contribution in [2.24, 2.45) is 5.92 Å². The Morgan fingerprint density at radius 1 is 1.07 bits per heavy atom. The Morgan fingerprint density at radius 2 is 1.70 bits per heavy atom. The van der Waals surface area contributed by atoms with Crippen LogP contribution in [0.3, 0.4) is 0 Å². The summed E-state index contributed by atoms with van der Waals surface area (Å²) >= 11 is 0. The lowest BCUT2D eigenvalue weighted by molar-refractivity contribution is -0.138. The van der Waals surface area contributed by atoms with Crippen LogP contribution in [-0.2, 0) is 19.1 Å². The number of carbonyl (C=O) groups is 3. The minimum absolute atomic E-state index is 0. The Labute approximate surface area is 265 Å². The summed E-state index contributed by atoms with van der Waals surface area (Å²) in [5.74, 6) is -0.765. The molecule has 2 amide bonds. The maximum atomic E-state index is 13.4. The molecule has 0 spiro atoms. The highest BCUT2D eigenvalue weighted by molar-refractivity contribution is 7.59. The van der Waals surface area contributed by atoms with Gasteiger partial charge in [-0.2, -0.15) is 54.0 Å². The molecule has 230 valence electrons. The average molecular weight is 639 g/mol. The minimum atomic E-state index is -0.907. The van der Waals surface area contributed by atoms with Gasteiger partial charge in [-0.3, -0.25) is 19.3 Å². The molecule has 0 unspecified atom stereocenters. The zero-order chi connectivity index (χ0) is 25.8. The van der Waals surface area contributed by atoms with Crippen molar-refractivity contribution in [3.63, 3.8) is 0 Å². The predicted molar refractivity (Wildman–Crippen MR) is 175 cm³/mol. The van der Waals surface area contributed by atoms with Crippen LogP contribution in [0, 0.1) is 5.92 Å². The monoisotopic (exact) mass is 638 g/mol. The number of likely N-dealkylation sites (tertiary alicyclic amines) is 1. The fraction of sp³-hybridized carbons (Fsp3) is 0.654. The van der Waals surface area contributed by atoms with Crippen LogP contribution in [0.2, 0.25) is 0 Å². The van der Waals surface area contributed by atoms with Crippen LogP contribution in [0.25, 0.3) is 0 Å². The van der Waals surface area contributed by atoms with Gasteiger partial charge in [-0.15, -0.1) is 0 Å². The largest absolute Gasteiger partial charge is 0.388 e. The van der Waals surface area contributed by atoms with Crippen molar-refractivity contribution in [1.82, 2.24) is 15.1 Å². The summed E-state index contributed by atoms with van der Waals surface area (Å²) in [6.45, 7) is 9.27. The number of ether oxygens (including phenoxy) is 2. The number of amides is 2. The van der Waals surface area contributed by atoms with Crippen molar-refractivity contribution in [1.29, 1.82) is 0 Å². The molecule has 0 aliphatic carbocycles. The third-order valence-electron chi connectivity index (χ3n) is 7.23. The van der Waals surface area contributed by atoms with E-state index in [0.29, 0.717) is 12.0 Å². The smallest absolute Gasteiger partial charge is 0.251 e. The molecular formula is C26H46N4O6S4. The number of rotatable bonds is 9. The molecule has 10 nitrogen and oxygen atoms in total. The first kappa shape index (κ1) is 38.9. The molecule has 14 heteroatoms. The van der Waals surface area contributed by atoms with Crippen molar-refractivity contribution < 1.29 is 29.0 Å². The van der Waals surface area contributed by atoms with Gasteiger partial charge in [-0.05, 0) is 36.6 Å². The number of ketones is 1. The van der Waals surface area contributed by atoms with E-state index in [4.69, 9.17) is 9.47 Å². The van der Waals surface area contributed by atoms with Gasteiger partial charge in [0.2, 0.25) is 5.91 Å². The SMILES string of the molecule is COCCN1CCN(c2ccc(C(=O)N[C@@H](CC(C)C)C(=O)N3C[C@H](O)[C@H]4OCC(=O)[C@H]43)cc2)CC1.S.S.S.S. The first-order chi connectivity index (χ1) is 17.3. The number of aliphatic hydroxyl groups excluding tert-OH is 1. The molecule has 2 N–H and O–H groups in total. The fourth-order valence-corrected chi connectivity index (χ4v) is 5.27. The van der Waals surface area contributed by atoms with Crippen LogP contribution in [0.1, 0.15) is 30.6 Å². The third-order valence-corrected chi connectivity index (χ3v) is 7.23. The van der Waals surface area contributed by atoms with Crippen molar-refractivity contribution >= 4 is 77.3 Å². The highest BCUT2D eigenvalue weighted by Crippen LogP contribution is 2.29. The molecule has 3 aliphatic rings. The Morgan fingerprint density at radius 3 is 2.27 bits per heavy atom. The highest BCUT2D eigenvalue weighted by atomic mass is 32.1. The molecule has 0 radical (unpaired) electrons. The van der Waals surface area contributed by atoms with Gasteiger partial charge in [0.25, 0.3) is 5.91 Å². The lowest BCUT2D eigenvalue weighted by Crippen LogP contribution is -2.52. The van der Waals surface area contributed by atoms with E-state index in [9.17, 15) is 19.5 Å². The van der Waals surface area contributed by atoms with E-state index in [1.165, 1.54) is 4.90 Å². The number of fused-ring (bicyclic) bond motifs is 1. The summed E-state index contributed by atoms with van der Waals surface area (Å²) in [4.78, 5) is 44.9. The number of piperazine rings is 1. The molecule has 0 aromatic heterocycles. The van der Waals surface area contributed by atoms with Crippen LogP contribution in [-0.4, -0.2) is 116 Å². The normalized spacial score (nSPS) is 22.8. The molecule has 0 saturated carbocycles. The van der Waals surface area contributed by atoms with E-state index in [-0.39, 0.29) is 90.6 Å². The maximum absolute atomic E-state index is 13.4. The summed E-state index contributed by atoms with van der Waals surface area (Å²) in [7, 11) is 1.71. The van der Waals surface area contributed by atoms with Gasteiger partial charge in [0.05, 0.1) is 13.2 Å². The molecule has 3 heterocycles. The van der Waals surface area contributed by atoms with Gasteiger partial charge in [0.15, 0.2) is 5.78 Å². The molecule has 4 rings (SSSR count). The number of methoxy groups -OCH3 is 1. The number of Topliss-reactive ketones (excluding diaryl/α,β-unsaturated/α-hetero) is 1. The zero-order valence-electron chi connectivity index (χ0n) is 23.4. The number of hydrogen-bond donors (Lipinski definition) is 2. The van der Waals surface area contributed by atoms with E-state index in [1.54, 1.807) is 19.2 Å². The quantitative estimate of drug-likeness (QED) is 0.405. The summed E-state index contributed by atoms with van der Waals surface area (Å²) in [6.07, 6.45) is -1.17. The summed E-state index contributed by atoms with van der Waals surface area (Å²) in [6, 6.07) is 5.86. The Bertz CT molecular complexity index is 950. The lowest BCUT2D eigenvalue weighted by Gasteiger charge is -2.36. The number of carbonyl (C=O) groups excluding carboxylic acids is 3. The molecular weight excluding hydrogens is 593 g/mol. The van der Waals surface area contributed by atoms with E-state index in [0.717, 1.165) is 45.0 Å². The van der Waals surface area contributed by atoms with Crippen molar-refractivity contribution in [3.8, 4) is 0 Å². The molecule has 0 bridgehead atoms. The standard InChI is InChI=1S/C26H38N4O6.4H2S/c1-17(2)14-20(26(34)30-15-21(31)24-23(30)22(32)16-36-24)27-25(33)18-4-6-19(7-5-18)29-10-8-28(9-11-29)12-13-35-3;;;;/h4-7,17,20-21,23-24,31H,8-16H2,1-3H3,(H,27,33);4*1H2/t20-,21-,23+,24+;;;;/m0..../s1. The fourth-order valence-electron chi connectivity index (χ4n) is 5.27. The first-order valence-electron chi connectivity index (χ1n) is 12.8. The average Bonchev–Trinajstić information content (AvgIpc) is 3.42. The van der Waals surface area contributed by atoms with Crippen LogP contribution in [0.4, 0.5) is 5.69 Å². The second kappa shape index (κ2) is 17.7. The Balaban J connectivity index is 0.00000380. The lowest BCUT2D eigenvalue weighted by atomic mass is 10.0. The number of β-amino-alcohol motifs (C(OH)–C–C–N with tert-alkyl or cyclic N) is 1. The maximum Gasteiger partial charge on any atom is 0.251 e. The Hall–Kier alpha value is -1.13. The van der Waals surface area contributed by atoms with Gasteiger partial charge in [0, 0.05) is 51.1 Å². The molecule has 1 aromatic carbocycles. The minimum Gasteiger partial charge on any atom is -0.388 e. The van der Waals surface area contributed by atoms with Crippen molar-refractivity contribution in [3.05, 3.63) is 29.8 Å². The molecule has 3 saturated heterocycles. The second-order valence-electron chi connectivity index (χ2n) is 10.3. The van der Waals surface area contributed by atoms with Crippen LogP contribution in [0.5, 0.6) is 0 Å². The molecule has 4 atom stereocenters. The van der Waals surface area contributed by atoms with Gasteiger partial charge in [-0.1, -0.05) is 13.8 Å². The van der Waals surface area contributed by atoms with Gasteiger partial charge in [0.1, 0.15) is 30.9 Å². The van der Waals surface area contributed by atoms with E-state index in [1.807, 2.05) is 26.0 Å². The van der Waals surface area contributed by atoms with Gasteiger partial charge >= 0.3 is 0 Å². The van der Waals surface area contributed by atoms with Crippen LogP contribution >= 0.6 is 54.0 Å². The number of nitrogens with one attached hydrogen (secondary N) is 1. The summed E-state index contributed by atoms with van der Waals surface area (Å²) in [5, 5.41) is 13.2. The highest BCUT2D eigenvalue weighted by Gasteiger charge is 2.52. The molecule has 1 aromatic rings. The number of benzene rings is 1. The van der Waals surface area contributed by atoms with E-state index >= 15 is 0 Å². The third kappa shape index (κ3) is 9.18. The Kier molecular flexibility index (Phi) is 17.2. The second-order valence-corrected chi connectivity index (χ2v) is 10.3. The number of anilines is 1. The van der Waals surface area contributed by atoms with E-state index in [2.05, 4.69) is 15.1 Å². The van der Waals surface area contributed by atoms with Crippen LogP contribution in [0.15, 0.2) is 24.3 Å². The van der Waals surface area contributed by atoms with E-state index < -0.39 is 24.3 Å². The van der Waals surface area contributed by atoms with Crippen molar-refractivity contribution in [2.75, 3.05) is 64.5 Å². The first-order valence-corrected chi connectivity index (χ1v) is 12.8. The number of hydrogen-bond acceptors (Lipinski definition) is 8. The molecule has 3 aliphatic heterocycles. The number of aliphatic hydroxyl groups is 1. The van der Waals surface area contributed by atoms with Gasteiger partial charge < -0.3 is 29.7 Å². The van der Waals surface area contributed by atoms with Crippen molar-refractivity contribution in [2.45, 2.75) is 44.6 Å². The van der Waals surface area contributed by atoms with Gasteiger partial charge in [-0.25, -0.2) is 0 Å². The van der Waals surface area contributed by atoms with Crippen LogP contribution < -0.4 is 10.2 Å². The topological polar surface area (TPSA) is 112 Å². The molecule has 3 fully saturated rings.